The average Bonchev–Trinajstić information content (AvgIpc) is 3.45. The van der Waals surface area contributed by atoms with Crippen LogP contribution in [0.3, 0.4) is 0 Å². The van der Waals surface area contributed by atoms with E-state index in [2.05, 4.69) is 0 Å². The maximum absolute atomic E-state index is 13.2. The lowest BCUT2D eigenvalue weighted by Crippen LogP contribution is -2.29. The van der Waals surface area contributed by atoms with E-state index < -0.39 is 17.7 Å². The van der Waals surface area contributed by atoms with E-state index in [1.54, 1.807) is 42.5 Å². The van der Waals surface area contributed by atoms with E-state index in [0.717, 1.165) is 5.56 Å². The minimum Gasteiger partial charge on any atom is -0.507 e. The minimum absolute atomic E-state index is 0.00676. The first-order valence-electron chi connectivity index (χ1n) is 11.6. The van der Waals surface area contributed by atoms with Gasteiger partial charge < -0.3 is 29.0 Å². The Labute approximate surface area is 209 Å². The topological polar surface area (TPSA) is 109 Å². The molecule has 0 radical (unpaired) electrons. The summed E-state index contributed by atoms with van der Waals surface area (Å²) in [5, 5.41) is 21.7. The van der Waals surface area contributed by atoms with Gasteiger partial charge in [0.2, 0.25) is 0 Å². The number of ketones is 1. The van der Waals surface area contributed by atoms with Crippen LogP contribution in [0.15, 0.2) is 64.8 Å². The fraction of sp³-hybridized carbons (Fsp3) is 0.286. The minimum atomic E-state index is -0.955. The number of aliphatic hydroxyl groups excluding tert-OH is 1. The van der Waals surface area contributed by atoms with Crippen molar-refractivity contribution in [2.75, 3.05) is 13.7 Å². The molecule has 36 heavy (non-hydrogen) atoms. The fourth-order valence-electron chi connectivity index (χ4n) is 4.21. The first-order valence-corrected chi connectivity index (χ1v) is 11.6. The van der Waals surface area contributed by atoms with Crippen LogP contribution in [0, 0.1) is 12.8 Å². The first-order chi connectivity index (χ1) is 17.2. The van der Waals surface area contributed by atoms with Gasteiger partial charge in [0.15, 0.2) is 11.5 Å². The Balaban J connectivity index is 1.81. The number of rotatable bonds is 8. The number of phenolic OH excluding ortho intramolecular Hbond substituents is 1. The smallest absolute Gasteiger partial charge is 0.296 e. The van der Waals surface area contributed by atoms with Gasteiger partial charge in [0, 0.05) is 5.56 Å². The second-order valence-electron chi connectivity index (χ2n) is 9.12. The highest BCUT2D eigenvalue weighted by Gasteiger charge is 2.46. The van der Waals surface area contributed by atoms with Crippen LogP contribution in [0.5, 0.6) is 17.2 Å². The molecule has 0 aliphatic carbocycles. The van der Waals surface area contributed by atoms with Crippen molar-refractivity contribution in [3.05, 3.63) is 82.8 Å². The number of carbonyl (C=O) groups excluding carboxylic acids is 2. The maximum Gasteiger partial charge on any atom is 0.296 e. The molecule has 8 heteroatoms. The van der Waals surface area contributed by atoms with Gasteiger partial charge >= 0.3 is 0 Å². The Bertz CT molecular complexity index is 1310. The summed E-state index contributed by atoms with van der Waals surface area (Å²) in [6.07, 6.45) is 1.48. The zero-order valence-electron chi connectivity index (χ0n) is 20.6. The summed E-state index contributed by atoms with van der Waals surface area (Å²) < 4.78 is 16.4. The summed E-state index contributed by atoms with van der Waals surface area (Å²) in [5.41, 5.74) is 1.52. The molecule has 1 aliphatic heterocycles. The highest BCUT2D eigenvalue weighted by molar-refractivity contribution is 6.46. The van der Waals surface area contributed by atoms with E-state index in [-0.39, 0.29) is 29.4 Å². The number of methoxy groups -OCH3 is 1. The second kappa shape index (κ2) is 10.2. The van der Waals surface area contributed by atoms with E-state index in [9.17, 15) is 19.8 Å². The largest absolute Gasteiger partial charge is 0.507 e. The number of hydrogen-bond donors (Lipinski definition) is 2. The molecule has 1 unspecified atom stereocenters. The van der Waals surface area contributed by atoms with Gasteiger partial charge in [0.25, 0.3) is 11.7 Å². The zero-order chi connectivity index (χ0) is 26.0. The highest BCUT2D eigenvalue weighted by atomic mass is 16.5. The third-order valence-electron chi connectivity index (χ3n) is 5.99. The van der Waals surface area contributed by atoms with Crippen molar-refractivity contribution >= 4 is 17.4 Å². The number of phenols is 1. The Morgan fingerprint density at radius 2 is 1.86 bits per heavy atom. The molecule has 4 rings (SSSR count). The van der Waals surface area contributed by atoms with Crippen LogP contribution in [0.1, 0.15) is 42.3 Å². The summed E-state index contributed by atoms with van der Waals surface area (Å²) in [4.78, 5) is 27.7. The van der Waals surface area contributed by atoms with E-state index >= 15 is 0 Å². The number of amides is 1. The molecule has 0 bridgehead atoms. The molecule has 1 amide bonds. The van der Waals surface area contributed by atoms with Crippen LogP contribution < -0.4 is 9.47 Å². The van der Waals surface area contributed by atoms with Crippen molar-refractivity contribution in [2.24, 2.45) is 5.92 Å². The Morgan fingerprint density at radius 1 is 1.11 bits per heavy atom. The quantitative estimate of drug-likeness (QED) is 0.260. The molecular weight excluding hydrogens is 462 g/mol. The van der Waals surface area contributed by atoms with Gasteiger partial charge in [0.1, 0.15) is 17.3 Å². The van der Waals surface area contributed by atoms with Crippen LogP contribution in [-0.2, 0) is 16.1 Å². The molecule has 2 heterocycles. The van der Waals surface area contributed by atoms with Gasteiger partial charge in [-0.15, -0.1) is 0 Å². The van der Waals surface area contributed by atoms with Crippen LogP contribution >= 0.6 is 0 Å². The van der Waals surface area contributed by atoms with Crippen LogP contribution in [0.25, 0.3) is 5.76 Å². The number of ether oxygens (including phenoxy) is 2. The van der Waals surface area contributed by atoms with E-state index in [0.29, 0.717) is 35.2 Å². The van der Waals surface area contributed by atoms with Crippen molar-refractivity contribution in [1.29, 1.82) is 0 Å². The highest BCUT2D eigenvalue weighted by Crippen LogP contribution is 2.42. The lowest BCUT2D eigenvalue weighted by molar-refractivity contribution is -0.140. The summed E-state index contributed by atoms with van der Waals surface area (Å²) >= 11 is 0. The number of aliphatic hydroxyl groups is 1. The molecule has 1 aliphatic rings. The third-order valence-corrected chi connectivity index (χ3v) is 5.99. The van der Waals surface area contributed by atoms with Crippen LogP contribution in [0.4, 0.5) is 0 Å². The average molecular weight is 492 g/mol. The molecule has 8 nitrogen and oxygen atoms in total. The predicted molar refractivity (Wildman–Crippen MR) is 133 cm³/mol. The molecule has 188 valence electrons. The summed E-state index contributed by atoms with van der Waals surface area (Å²) in [5.74, 6) is -0.315. The van der Waals surface area contributed by atoms with Crippen LogP contribution in [-0.4, -0.2) is 40.5 Å². The molecule has 2 aromatic carbocycles. The van der Waals surface area contributed by atoms with Gasteiger partial charge in [-0.25, -0.2) is 0 Å². The molecule has 0 saturated carbocycles. The van der Waals surface area contributed by atoms with Gasteiger partial charge in [-0.1, -0.05) is 19.9 Å². The van der Waals surface area contributed by atoms with Gasteiger partial charge in [-0.2, -0.15) is 0 Å². The molecule has 1 saturated heterocycles. The first kappa shape index (κ1) is 24.9. The SMILES string of the molecule is COc1ccc(C2/C(=C(/O)c3ccc(OCC(C)C)c(C)c3)C(=O)C(=O)N2Cc2ccco2)cc1O. The van der Waals surface area contributed by atoms with Crippen LogP contribution in [0.2, 0.25) is 0 Å². The fourth-order valence-corrected chi connectivity index (χ4v) is 4.21. The van der Waals surface area contributed by atoms with Gasteiger partial charge in [0.05, 0.1) is 38.1 Å². The third kappa shape index (κ3) is 4.79. The van der Waals surface area contributed by atoms with Crippen molar-refractivity contribution < 1.29 is 33.7 Å². The number of aromatic hydroxyl groups is 1. The second-order valence-corrected chi connectivity index (χ2v) is 9.12. The molecule has 0 spiro atoms. The summed E-state index contributed by atoms with van der Waals surface area (Å²) in [7, 11) is 1.43. The Hall–Kier alpha value is -4.20. The normalized spacial score (nSPS) is 17.1. The lowest BCUT2D eigenvalue weighted by Gasteiger charge is -2.25. The number of benzene rings is 2. The summed E-state index contributed by atoms with van der Waals surface area (Å²) in [6.45, 7) is 6.50. The lowest BCUT2D eigenvalue weighted by atomic mass is 9.94. The number of nitrogens with zero attached hydrogens (tertiary/aromatic N) is 1. The Kier molecular flexibility index (Phi) is 7.05. The Morgan fingerprint density at radius 3 is 2.47 bits per heavy atom. The number of hydrogen-bond acceptors (Lipinski definition) is 7. The molecule has 2 N–H and O–H groups in total. The van der Waals surface area contributed by atoms with Gasteiger partial charge in [-0.05, 0) is 66.4 Å². The molecule has 3 aromatic rings. The van der Waals surface area contributed by atoms with E-state index in [1.807, 2.05) is 20.8 Å². The zero-order valence-corrected chi connectivity index (χ0v) is 20.6. The van der Waals surface area contributed by atoms with E-state index in [1.165, 1.54) is 24.3 Å². The standard InChI is InChI=1S/C28H29NO7/c1-16(2)15-36-22-9-8-19(12-17(22)3)26(31)24-25(18-7-10-23(34-4)21(30)13-18)29(28(33)27(24)32)14-20-6-5-11-35-20/h5-13,16,25,30-31H,14-15H2,1-4H3/b26-24-. The molecule has 1 fully saturated rings. The molecule has 1 atom stereocenters. The monoisotopic (exact) mass is 491 g/mol. The molecule has 1 aromatic heterocycles. The molecular formula is C28H29NO7. The number of carbonyl (C=O) groups is 2. The van der Waals surface area contributed by atoms with Crippen molar-refractivity contribution in [3.63, 3.8) is 0 Å². The van der Waals surface area contributed by atoms with Crippen molar-refractivity contribution in [2.45, 2.75) is 33.4 Å². The van der Waals surface area contributed by atoms with Gasteiger partial charge in [-0.3, -0.25) is 9.59 Å². The van der Waals surface area contributed by atoms with E-state index in [4.69, 9.17) is 13.9 Å². The number of aryl methyl sites for hydroxylation is 1. The summed E-state index contributed by atoms with van der Waals surface area (Å²) in [6, 6.07) is 12.1. The number of furan rings is 1. The number of likely N-dealkylation sites (tertiary alicyclic amines) is 1. The van der Waals surface area contributed by atoms with Crippen molar-refractivity contribution in [1.82, 2.24) is 4.90 Å². The predicted octanol–water partition coefficient (Wildman–Crippen LogP) is 4.96. The maximum atomic E-state index is 13.2. The number of Topliss-reactive ketones (excluding diaryl/α,β-unsaturated/α-hetero) is 1. The van der Waals surface area contributed by atoms with Crippen molar-refractivity contribution in [3.8, 4) is 17.2 Å².